The van der Waals surface area contributed by atoms with E-state index in [0.717, 1.165) is 18.4 Å². The largest absolute Gasteiger partial charge is 0.347 e. The minimum atomic E-state index is -3.28. The molecule has 0 aliphatic heterocycles. The molecule has 0 saturated carbocycles. The Bertz CT molecular complexity index is 414. The molecule has 0 amide bonds. The van der Waals surface area contributed by atoms with E-state index >= 15 is 0 Å². The Morgan fingerprint density at radius 3 is 2.10 bits per heavy atom. The Kier molecular flexibility index (Phi) is 7.46. The molecule has 0 aromatic heterocycles. The molecule has 114 valence electrons. The van der Waals surface area contributed by atoms with Crippen molar-refractivity contribution in [3.8, 4) is 0 Å². The normalized spacial score (nSPS) is 15.0. The fraction of sp³-hybridized carbons (Fsp3) is 0.600. The van der Waals surface area contributed by atoms with Gasteiger partial charge in [-0.3, -0.25) is 4.57 Å². The molecule has 2 unspecified atom stereocenters. The van der Waals surface area contributed by atoms with Crippen molar-refractivity contribution in [3.05, 3.63) is 35.9 Å². The molecule has 1 aromatic carbocycles. The summed E-state index contributed by atoms with van der Waals surface area (Å²) in [5.41, 5.74) is 7.36. The molecule has 5 heteroatoms. The zero-order valence-corrected chi connectivity index (χ0v) is 13.5. The van der Waals surface area contributed by atoms with Gasteiger partial charge in [0.15, 0.2) is 0 Å². The Morgan fingerprint density at radius 1 is 1.10 bits per heavy atom. The summed E-state index contributed by atoms with van der Waals surface area (Å²) in [7, 11) is -3.28. The monoisotopic (exact) mass is 299 g/mol. The Hall–Kier alpha value is -0.670. The highest BCUT2D eigenvalue weighted by molar-refractivity contribution is 7.54. The molecule has 0 radical (unpaired) electrons. The minimum Gasteiger partial charge on any atom is -0.317 e. The van der Waals surface area contributed by atoms with E-state index in [0.29, 0.717) is 13.2 Å². The molecule has 0 fully saturated rings. The first-order chi connectivity index (χ1) is 9.59. The average molecular weight is 299 g/mol. The van der Waals surface area contributed by atoms with Gasteiger partial charge in [-0.05, 0) is 25.8 Å². The summed E-state index contributed by atoms with van der Waals surface area (Å²) in [6, 6.07) is 9.93. The molecule has 2 N–H and O–H groups in total. The first kappa shape index (κ1) is 17.4. The standard InChI is InChI=1S/C15H26NO3P/c1-4-10-14(13-11-8-7-9-12-13)15(16)20(17,18-5-2)19-6-3/h7-9,11-12,14-15H,4-6,10,16H2,1-3H3. The maximum Gasteiger partial charge on any atom is 0.347 e. The molecule has 4 nitrogen and oxygen atoms in total. The van der Waals surface area contributed by atoms with Crippen LogP contribution >= 0.6 is 7.60 Å². The highest BCUT2D eigenvalue weighted by atomic mass is 31.2. The lowest BCUT2D eigenvalue weighted by Crippen LogP contribution is -2.30. The molecule has 1 rings (SSSR count). The molecule has 2 atom stereocenters. The lowest BCUT2D eigenvalue weighted by atomic mass is 9.94. The van der Waals surface area contributed by atoms with E-state index in [2.05, 4.69) is 6.92 Å². The zero-order chi connectivity index (χ0) is 15.0. The second kappa shape index (κ2) is 8.58. The van der Waals surface area contributed by atoms with E-state index in [4.69, 9.17) is 14.8 Å². The number of hydrogen-bond acceptors (Lipinski definition) is 4. The molecule has 1 aromatic rings. The zero-order valence-electron chi connectivity index (χ0n) is 12.6. The Balaban J connectivity index is 3.03. The van der Waals surface area contributed by atoms with Crippen molar-refractivity contribution in [1.29, 1.82) is 0 Å². The van der Waals surface area contributed by atoms with E-state index in [-0.39, 0.29) is 5.92 Å². The minimum absolute atomic E-state index is 0.0230. The second-order valence-electron chi connectivity index (χ2n) is 4.67. The van der Waals surface area contributed by atoms with Crippen molar-refractivity contribution in [3.63, 3.8) is 0 Å². The van der Waals surface area contributed by atoms with Crippen LogP contribution in [0.25, 0.3) is 0 Å². The van der Waals surface area contributed by atoms with Crippen molar-refractivity contribution >= 4 is 7.60 Å². The summed E-state index contributed by atoms with van der Waals surface area (Å²) in [4.78, 5) is 0. The fourth-order valence-corrected chi connectivity index (χ4v) is 4.24. The van der Waals surface area contributed by atoms with Crippen molar-refractivity contribution in [2.75, 3.05) is 13.2 Å². The van der Waals surface area contributed by atoms with Crippen LogP contribution in [0.2, 0.25) is 0 Å². The van der Waals surface area contributed by atoms with E-state index < -0.39 is 13.4 Å². The van der Waals surface area contributed by atoms with Crippen molar-refractivity contribution in [2.24, 2.45) is 5.73 Å². The average Bonchev–Trinajstić information content (AvgIpc) is 2.45. The topological polar surface area (TPSA) is 61.6 Å². The van der Waals surface area contributed by atoms with E-state index in [1.54, 1.807) is 13.8 Å². The van der Waals surface area contributed by atoms with Gasteiger partial charge in [-0.25, -0.2) is 0 Å². The van der Waals surface area contributed by atoms with Gasteiger partial charge >= 0.3 is 7.60 Å². The Labute approximate surface area is 122 Å². The summed E-state index contributed by atoms with van der Waals surface area (Å²) >= 11 is 0. The number of rotatable bonds is 9. The number of benzene rings is 1. The number of hydrogen-bond donors (Lipinski definition) is 1. The lowest BCUT2D eigenvalue weighted by molar-refractivity contribution is 0.207. The molecule has 0 bridgehead atoms. The SMILES string of the molecule is CCCC(c1ccccc1)C(N)P(=O)(OCC)OCC. The van der Waals surface area contributed by atoms with Gasteiger partial charge in [0.1, 0.15) is 5.78 Å². The van der Waals surface area contributed by atoms with Crippen LogP contribution in [-0.4, -0.2) is 19.0 Å². The lowest BCUT2D eigenvalue weighted by Gasteiger charge is -2.30. The third-order valence-electron chi connectivity index (χ3n) is 3.22. The summed E-state index contributed by atoms with van der Waals surface area (Å²) < 4.78 is 23.6. The van der Waals surface area contributed by atoms with Crippen LogP contribution < -0.4 is 5.73 Å². The van der Waals surface area contributed by atoms with Gasteiger partial charge in [0.25, 0.3) is 0 Å². The van der Waals surface area contributed by atoms with Gasteiger partial charge in [0.05, 0.1) is 13.2 Å². The van der Waals surface area contributed by atoms with Crippen LogP contribution in [-0.2, 0) is 13.6 Å². The van der Waals surface area contributed by atoms with E-state index in [1.165, 1.54) is 0 Å². The molecule has 0 heterocycles. The van der Waals surface area contributed by atoms with Gasteiger partial charge < -0.3 is 14.8 Å². The summed E-state index contributed by atoms with van der Waals surface area (Å²) in [5, 5.41) is 0. The van der Waals surface area contributed by atoms with Crippen LogP contribution in [0.15, 0.2) is 30.3 Å². The first-order valence-electron chi connectivity index (χ1n) is 7.28. The number of nitrogens with two attached hydrogens (primary N) is 1. The quantitative estimate of drug-likeness (QED) is 0.697. The third kappa shape index (κ3) is 4.42. The molecule has 0 aliphatic carbocycles. The van der Waals surface area contributed by atoms with Gasteiger partial charge in [-0.15, -0.1) is 0 Å². The molecule has 0 saturated heterocycles. The maximum absolute atomic E-state index is 12.8. The predicted octanol–water partition coefficient (Wildman–Crippen LogP) is 4.12. The highest BCUT2D eigenvalue weighted by Crippen LogP contribution is 2.55. The molecular weight excluding hydrogens is 273 g/mol. The smallest absolute Gasteiger partial charge is 0.317 e. The summed E-state index contributed by atoms with van der Waals surface area (Å²) in [5.74, 6) is -0.658. The van der Waals surface area contributed by atoms with Crippen molar-refractivity contribution in [1.82, 2.24) is 0 Å². The van der Waals surface area contributed by atoms with Crippen molar-refractivity contribution < 1.29 is 13.6 Å². The summed E-state index contributed by atoms with van der Waals surface area (Å²) in [6.45, 7) is 6.36. The van der Waals surface area contributed by atoms with Crippen LogP contribution in [0.5, 0.6) is 0 Å². The van der Waals surface area contributed by atoms with Gasteiger partial charge in [-0.2, -0.15) is 0 Å². The molecular formula is C15H26NO3P. The van der Waals surface area contributed by atoms with Gasteiger partial charge in [0.2, 0.25) is 0 Å². The first-order valence-corrected chi connectivity index (χ1v) is 8.89. The van der Waals surface area contributed by atoms with Crippen molar-refractivity contribution in [2.45, 2.75) is 45.3 Å². The second-order valence-corrected chi connectivity index (χ2v) is 6.86. The summed E-state index contributed by atoms with van der Waals surface area (Å²) in [6.07, 6.45) is 1.82. The predicted molar refractivity (Wildman–Crippen MR) is 82.9 cm³/mol. The highest BCUT2D eigenvalue weighted by Gasteiger charge is 2.38. The van der Waals surface area contributed by atoms with Crippen LogP contribution in [0.4, 0.5) is 0 Å². The molecule has 0 aliphatic rings. The fourth-order valence-electron chi connectivity index (χ4n) is 2.34. The van der Waals surface area contributed by atoms with Crippen LogP contribution in [0, 0.1) is 0 Å². The van der Waals surface area contributed by atoms with Gasteiger partial charge in [-0.1, -0.05) is 43.7 Å². The Morgan fingerprint density at radius 2 is 1.65 bits per heavy atom. The van der Waals surface area contributed by atoms with Gasteiger partial charge in [0, 0.05) is 5.92 Å². The van der Waals surface area contributed by atoms with Crippen LogP contribution in [0.1, 0.15) is 45.1 Å². The molecule has 0 spiro atoms. The van der Waals surface area contributed by atoms with E-state index in [1.807, 2.05) is 30.3 Å². The van der Waals surface area contributed by atoms with E-state index in [9.17, 15) is 4.57 Å². The van der Waals surface area contributed by atoms with Crippen LogP contribution in [0.3, 0.4) is 0 Å². The maximum atomic E-state index is 12.8. The third-order valence-corrected chi connectivity index (χ3v) is 5.55. The molecule has 20 heavy (non-hydrogen) atoms.